The second-order valence-electron chi connectivity index (χ2n) is 5.86. The molecule has 0 saturated carbocycles. The summed E-state index contributed by atoms with van der Waals surface area (Å²) in [5.74, 6) is 1.21. The number of aromatic nitrogens is 4. The van der Waals surface area contributed by atoms with Crippen LogP contribution in [0.15, 0.2) is 41.6 Å². The zero-order valence-corrected chi connectivity index (χ0v) is 15.1. The number of anilines is 1. The molecule has 9 heteroatoms. The summed E-state index contributed by atoms with van der Waals surface area (Å²) in [6, 6.07) is 8.57. The molecule has 0 fully saturated rings. The first-order valence-corrected chi connectivity index (χ1v) is 9.44. The van der Waals surface area contributed by atoms with Crippen LogP contribution in [0.5, 0.6) is 0 Å². The molecule has 132 valence electrons. The van der Waals surface area contributed by atoms with E-state index in [1.807, 2.05) is 12.1 Å². The van der Waals surface area contributed by atoms with Crippen molar-refractivity contribution < 1.29 is 8.42 Å². The van der Waals surface area contributed by atoms with Crippen LogP contribution in [0.3, 0.4) is 0 Å². The van der Waals surface area contributed by atoms with Crippen molar-refractivity contribution in [3.63, 3.8) is 0 Å². The second kappa shape index (κ2) is 6.77. The lowest BCUT2D eigenvalue weighted by atomic mass is 9.99. The zero-order valence-electron chi connectivity index (χ0n) is 14.3. The van der Waals surface area contributed by atoms with Crippen LogP contribution in [0.25, 0.3) is 5.78 Å². The zero-order chi connectivity index (χ0) is 18.0. The third-order valence-electron chi connectivity index (χ3n) is 4.07. The van der Waals surface area contributed by atoms with Gasteiger partial charge in [0.2, 0.25) is 0 Å². The number of benzene rings is 1. The highest BCUT2D eigenvalue weighted by Crippen LogP contribution is 2.20. The first kappa shape index (κ1) is 17.3. The van der Waals surface area contributed by atoms with E-state index >= 15 is 0 Å². The van der Waals surface area contributed by atoms with Crippen molar-refractivity contribution >= 4 is 21.6 Å². The van der Waals surface area contributed by atoms with E-state index in [2.05, 4.69) is 39.2 Å². The summed E-state index contributed by atoms with van der Waals surface area (Å²) in [4.78, 5) is 10.8. The van der Waals surface area contributed by atoms with Crippen LogP contribution in [0, 0.1) is 6.92 Å². The van der Waals surface area contributed by atoms with Crippen molar-refractivity contribution in [3.05, 3.63) is 47.9 Å². The Morgan fingerprint density at radius 2 is 1.96 bits per heavy atom. The number of rotatable bonds is 6. The minimum atomic E-state index is -3.72. The Hall–Kier alpha value is -2.52. The molecular weight excluding hydrogens is 340 g/mol. The SMILES string of the molecule is CCC(C)c1ccc(S(=O)(=O)NNc2cc(C)nc3ncnn23)cc1. The van der Waals surface area contributed by atoms with Crippen LogP contribution in [0.4, 0.5) is 5.82 Å². The molecular formula is C16H20N6O2S. The fourth-order valence-corrected chi connectivity index (χ4v) is 3.26. The number of hydrogen-bond acceptors (Lipinski definition) is 6. The van der Waals surface area contributed by atoms with Gasteiger partial charge in [-0.3, -0.25) is 5.43 Å². The Balaban J connectivity index is 1.80. The van der Waals surface area contributed by atoms with Gasteiger partial charge in [0.15, 0.2) is 0 Å². The van der Waals surface area contributed by atoms with Crippen LogP contribution in [-0.2, 0) is 10.0 Å². The number of hydrazine groups is 1. The maximum Gasteiger partial charge on any atom is 0.257 e. The minimum Gasteiger partial charge on any atom is -0.292 e. The highest BCUT2D eigenvalue weighted by atomic mass is 32.2. The van der Waals surface area contributed by atoms with Gasteiger partial charge in [-0.1, -0.05) is 26.0 Å². The van der Waals surface area contributed by atoms with E-state index in [1.165, 1.54) is 10.8 Å². The third kappa shape index (κ3) is 3.62. The molecule has 0 spiro atoms. The maximum absolute atomic E-state index is 12.5. The van der Waals surface area contributed by atoms with Gasteiger partial charge >= 0.3 is 0 Å². The van der Waals surface area contributed by atoms with Crippen molar-refractivity contribution in [2.75, 3.05) is 5.43 Å². The molecule has 0 aliphatic heterocycles. The Morgan fingerprint density at radius 1 is 1.24 bits per heavy atom. The number of nitrogens with zero attached hydrogens (tertiary/aromatic N) is 4. The minimum absolute atomic E-state index is 0.188. The number of nitrogens with one attached hydrogen (secondary N) is 2. The summed E-state index contributed by atoms with van der Waals surface area (Å²) in [5, 5.41) is 4.02. The maximum atomic E-state index is 12.5. The van der Waals surface area contributed by atoms with Crippen molar-refractivity contribution in [1.29, 1.82) is 0 Å². The van der Waals surface area contributed by atoms with Gasteiger partial charge in [0.05, 0.1) is 4.90 Å². The molecule has 1 atom stereocenters. The predicted octanol–water partition coefficient (Wildman–Crippen LogP) is 2.25. The molecule has 2 N–H and O–H groups in total. The summed E-state index contributed by atoms with van der Waals surface area (Å²) >= 11 is 0. The van der Waals surface area contributed by atoms with Crippen LogP contribution in [0.1, 0.15) is 37.4 Å². The molecule has 0 aliphatic rings. The molecule has 2 aromatic heterocycles. The van der Waals surface area contributed by atoms with E-state index in [1.54, 1.807) is 25.1 Å². The average molecular weight is 360 g/mol. The fourth-order valence-electron chi connectivity index (χ4n) is 2.41. The van der Waals surface area contributed by atoms with E-state index < -0.39 is 10.0 Å². The molecule has 1 aromatic carbocycles. The largest absolute Gasteiger partial charge is 0.292 e. The second-order valence-corrected chi connectivity index (χ2v) is 7.55. The quantitative estimate of drug-likeness (QED) is 0.654. The summed E-state index contributed by atoms with van der Waals surface area (Å²) in [5.41, 5.74) is 4.49. The topological polar surface area (TPSA) is 101 Å². The number of fused-ring (bicyclic) bond motifs is 1. The van der Waals surface area contributed by atoms with Gasteiger partial charge in [-0.15, -0.1) is 4.83 Å². The Kier molecular flexibility index (Phi) is 4.69. The first-order valence-electron chi connectivity index (χ1n) is 7.96. The molecule has 8 nitrogen and oxygen atoms in total. The van der Waals surface area contributed by atoms with Gasteiger partial charge in [-0.05, 0) is 37.0 Å². The normalized spacial score (nSPS) is 13.1. The monoisotopic (exact) mass is 360 g/mol. The highest BCUT2D eigenvalue weighted by molar-refractivity contribution is 7.89. The molecule has 1 unspecified atom stereocenters. The Morgan fingerprint density at radius 3 is 2.64 bits per heavy atom. The lowest BCUT2D eigenvalue weighted by Gasteiger charge is -2.12. The Bertz CT molecular complexity index is 982. The van der Waals surface area contributed by atoms with E-state index in [4.69, 9.17) is 0 Å². The summed E-state index contributed by atoms with van der Waals surface area (Å²) in [6.45, 7) is 6.00. The van der Waals surface area contributed by atoms with E-state index in [-0.39, 0.29) is 4.90 Å². The molecule has 0 saturated heterocycles. The Labute approximate surface area is 146 Å². The summed E-state index contributed by atoms with van der Waals surface area (Å²) < 4.78 is 26.4. The van der Waals surface area contributed by atoms with Crippen LogP contribution >= 0.6 is 0 Å². The number of hydrogen-bond donors (Lipinski definition) is 2. The predicted molar refractivity (Wildman–Crippen MR) is 94.6 cm³/mol. The third-order valence-corrected chi connectivity index (χ3v) is 5.33. The lowest BCUT2D eigenvalue weighted by Crippen LogP contribution is -2.30. The first-order chi connectivity index (χ1) is 11.9. The molecule has 0 amide bonds. The molecule has 25 heavy (non-hydrogen) atoms. The van der Waals surface area contributed by atoms with E-state index in [0.717, 1.165) is 12.0 Å². The highest BCUT2D eigenvalue weighted by Gasteiger charge is 2.15. The molecule has 0 bridgehead atoms. The van der Waals surface area contributed by atoms with Gasteiger partial charge in [-0.2, -0.15) is 14.6 Å². The standard InChI is InChI=1S/C16H20N6O2S/c1-4-11(2)13-5-7-14(8-6-13)25(23,24)21-20-15-9-12(3)19-16-17-10-18-22(15)16/h5-11,20-21H,4H2,1-3H3. The van der Waals surface area contributed by atoms with Crippen LogP contribution in [0.2, 0.25) is 0 Å². The van der Waals surface area contributed by atoms with Gasteiger partial charge in [0, 0.05) is 11.8 Å². The number of sulfonamides is 1. The molecule has 3 rings (SSSR count). The van der Waals surface area contributed by atoms with Gasteiger partial charge in [0.1, 0.15) is 12.1 Å². The fraction of sp³-hybridized carbons (Fsp3) is 0.312. The summed E-state index contributed by atoms with van der Waals surface area (Å²) in [7, 11) is -3.72. The summed E-state index contributed by atoms with van der Waals surface area (Å²) in [6.07, 6.45) is 2.36. The van der Waals surface area contributed by atoms with Crippen LogP contribution < -0.4 is 10.3 Å². The van der Waals surface area contributed by atoms with E-state index in [9.17, 15) is 8.42 Å². The molecule has 0 aliphatic carbocycles. The van der Waals surface area contributed by atoms with Crippen molar-refractivity contribution in [3.8, 4) is 0 Å². The van der Waals surface area contributed by atoms with Crippen molar-refractivity contribution in [1.82, 2.24) is 24.4 Å². The van der Waals surface area contributed by atoms with Crippen molar-refractivity contribution in [2.24, 2.45) is 0 Å². The average Bonchev–Trinajstić information content (AvgIpc) is 3.07. The van der Waals surface area contributed by atoms with Crippen LogP contribution in [-0.4, -0.2) is 28.0 Å². The van der Waals surface area contributed by atoms with Gasteiger partial charge < -0.3 is 0 Å². The number of aryl methyl sites for hydroxylation is 1. The van der Waals surface area contributed by atoms with Gasteiger partial charge in [-0.25, -0.2) is 13.4 Å². The molecule has 2 heterocycles. The van der Waals surface area contributed by atoms with Gasteiger partial charge in [0.25, 0.3) is 15.8 Å². The lowest BCUT2D eigenvalue weighted by molar-refractivity contribution is 0.587. The molecule has 0 radical (unpaired) electrons. The van der Waals surface area contributed by atoms with E-state index in [0.29, 0.717) is 23.2 Å². The molecule has 3 aromatic rings. The smallest absolute Gasteiger partial charge is 0.257 e. The van der Waals surface area contributed by atoms with Crippen molar-refractivity contribution in [2.45, 2.75) is 38.0 Å².